The quantitative estimate of drug-likeness (QED) is 0.880. The van der Waals surface area contributed by atoms with Gasteiger partial charge in [-0.25, -0.2) is 4.98 Å². The van der Waals surface area contributed by atoms with Gasteiger partial charge >= 0.3 is 0 Å². The second-order valence-corrected chi connectivity index (χ2v) is 4.85. The van der Waals surface area contributed by atoms with Crippen LogP contribution < -0.4 is 5.32 Å². The summed E-state index contributed by atoms with van der Waals surface area (Å²) in [4.78, 5) is 18.2. The molecular weight excluding hydrogens is 240 g/mol. The van der Waals surface area contributed by atoms with Gasteiger partial charge in [0.25, 0.3) is 5.91 Å². The maximum Gasteiger partial charge on any atom is 0.269 e. The molecule has 1 unspecified atom stereocenters. The third-order valence-electron chi connectivity index (χ3n) is 3.45. The first-order chi connectivity index (χ1) is 9.20. The number of aromatic nitrogens is 1. The van der Waals surface area contributed by atoms with Crippen LogP contribution in [0.15, 0.2) is 18.3 Å². The standard InChI is InChI=1S/C14H18N4O/c1-11(18-6-2-3-7-18)9-17-14(19)13-5-4-12(8-15)10-16-13/h4-5,10-11H,2-3,6-7,9H2,1H3,(H,17,19). The molecule has 5 heteroatoms. The van der Waals surface area contributed by atoms with Crippen molar-refractivity contribution in [3.8, 4) is 6.07 Å². The molecule has 1 fully saturated rings. The molecule has 1 amide bonds. The van der Waals surface area contributed by atoms with Crippen LogP contribution in [0, 0.1) is 11.3 Å². The molecule has 1 N–H and O–H groups in total. The SMILES string of the molecule is CC(CNC(=O)c1ccc(C#N)cn1)N1CCCC1. The Balaban J connectivity index is 1.84. The minimum absolute atomic E-state index is 0.185. The van der Waals surface area contributed by atoms with Gasteiger partial charge in [-0.2, -0.15) is 5.26 Å². The molecule has 5 nitrogen and oxygen atoms in total. The van der Waals surface area contributed by atoms with E-state index in [1.807, 2.05) is 6.07 Å². The van der Waals surface area contributed by atoms with E-state index in [9.17, 15) is 4.79 Å². The summed E-state index contributed by atoms with van der Waals surface area (Å²) in [6.07, 6.45) is 3.91. The normalized spacial score (nSPS) is 16.8. The predicted molar refractivity (Wildman–Crippen MR) is 71.6 cm³/mol. The molecule has 1 aliphatic rings. The van der Waals surface area contributed by atoms with E-state index in [-0.39, 0.29) is 5.91 Å². The van der Waals surface area contributed by atoms with Gasteiger partial charge in [-0.15, -0.1) is 0 Å². The van der Waals surface area contributed by atoms with Crippen LogP contribution in [-0.4, -0.2) is 41.5 Å². The molecule has 100 valence electrons. The molecule has 0 spiro atoms. The van der Waals surface area contributed by atoms with Crippen LogP contribution in [0.25, 0.3) is 0 Å². The summed E-state index contributed by atoms with van der Waals surface area (Å²) in [7, 11) is 0. The lowest BCUT2D eigenvalue weighted by Gasteiger charge is -2.23. The molecule has 1 aromatic heterocycles. The van der Waals surface area contributed by atoms with Gasteiger partial charge in [0, 0.05) is 18.8 Å². The Morgan fingerprint density at radius 2 is 2.26 bits per heavy atom. The number of nitrogens with zero attached hydrogens (tertiary/aromatic N) is 3. The van der Waals surface area contributed by atoms with E-state index in [1.165, 1.54) is 19.0 Å². The smallest absolute Gasteiger partial charge is 0.269 e. The fourth-order valence-electron chi connectivity index (χ4n) is 2.24. The van der Waals surface area contributed by atoms with Crippen LogP contribution in [0.3, 0.4) is 0 Å². The van der Waals surface area contributed by atoms with Crippen LogP contribution in [0.2, 0.25) is 0 Å². The van der Waals surface area contributed by atoms with Gasteiger partial charge in [-0.1, -0.05) is 0 Å². The number of rotatable bonds is 4. The average Bonchev–Trinajstić information content (AvgIpc) is 2.98. The van der Waals surface area contributed by atoms with E-state index in [0.29, 0.717) is 23.8 Å². The fraction of sp³-hybridized carbons (Fsp3) is 0.500. The summed E-state index contributed by atoms with van der Waals surface area (Å²) in [6.45, 7) is 4.98. The predicted octanol–water partition coefficient (Wildman–Crippen LogP) is 1.17. The fourth-order valence-corrected chi connectivity index (χ4v) is 2.24. The van der Waals surface area contributed by atoms with Crippen LogP contribution in [0.1, 0.15) is 35.8 Å². The van der Waals surface area contributed by atoms with Crippen molar-refractivity contribution in [2.24, 2.45) is 0 Å². The second-order valence-electron chi connectivity index (χ2n) is 4.85. The van der Waals surface area contributed by atoms with Crippen molar-refractivity contribution in [3.63, 3.8) is 0 Å². The molecule has 1 saturated heterocycles. The van der Waals surface area contributed by atoms with Crippen molar-refractivity contribution >= 4 is 5.91 Å². The van der Waals surface area contributed by atoms with E-state index < -0.39 is 0 Å². The van der Waals surface area contributed by atoms with Gasteiger partial charge in [0.15, 0.2) is 0 Å². The lowest BCUT2D eigenvalue weighted by Crippen LogP contribution is -2.40. The van der Waals surface area contributed by atoms with Crippen LogP contribution >= 0.6 is 0 Å². The van der Waals surface area contributed by atoms with Crippen molar-refractivity contribution in [2.45, 2.75) is 25.8 Å². The first-order valence-corrected chi connectivity index (χ1v) is 6.59. The van der Waals surface area contributed by atoms with Crippen molar-refractivity contribution in [1.29, 1.82) is 5.26 Å². The van der Waals surface area contributed by atoms with E-state index in [1.54, 1.807) is 12.1 Å². The topological polar surface area (TPSA) is 69.0 Å². The number of amides is 1. The zero-order chi connectivity index (χ0) is 13.7. The first-order valence-electron chi connectivity index (χ1n) is 6.59. The molecule has 19 heavy (non-hydrogen) atoms. The molecule has 0 aromatic carbocycles. The number of pyridine rings is 1. The molecule has 0 bridgehead atoms. The van der Waals surface area contributed by atoms with Gasteiger partial charge in [-0.3, -0.25) is 9.69 Å². The Morgan fingerprint density at radius 3 is 2.84 bits per heavy atom. The van der Waals surface area contributed by atoms with Gasteiger partial charge in [0.05, 0.1) is 5.56 Å². The molecule has 1 aromatic rings. The molecule has 2 rings (SSSR count). The van der Waals surface area contributed by atoms with Crippen LogP contribution in [0.5, 0.6) is 0 Å². The highest BCUT2D eigenvalue weighted by Crippen LogP contribution is 2.10. The third-order valence-corrected chi connectivity index (χ3v) is 3.45. The largest absolute Gasteiger partial charge is 0.349 e. The Bertz CT molecular complexity index is 471. The molecule has 2 heterocycles. The van der Waals surface area contributed by atoms with Gasteiger partial charge in [-0.05, 0) is 45.0 Å². The minimum atomic E-state index is -0.185. The number of carbonyl (C=O) groups excluding carboxylic acids is 1. The van der Waals surface area contributed by atoms with Gasteiger partial charge in [0.2, 0.25) is 0 Å². The van der Waals surface area contributed by atoms with E-state index >= 15 is 0 Å². The summed E-state index contributed by atoms with van der Waals surface area (Å²) < 4.78 is 0. The number of nitriles is 1. The zero-order valence-corrected chi connectivity index (χ0v) is 11.1. The first kappa shape index (κ1) is 13.5. The summed E-state index contributed by atoms with van der Waals surface area (Å²) in [6, 6.07) is 5.51. The monoisotopic (exact) mass is 258 g/mol. The number of hydrogen-bond acceptors (Lipinski definition) is 4. The highest BCUT2D eigenvalue weighted by Gasteiger charge is 2.18. The van der Waals surface area contributed by atoms with Crippen LogP contribution in [0.4, 0.5) is 0 Å². The molecular formula is C14H18N4O. The number of nitrogens with one attached hydrogen (secondary N) is 1. The van der Waals surface area contributed by atoms with Crippen molar-refractivity contribution in [1.82, 2.24) is 15.2 Å². The Labute approximate surface area is 113 Å². The lowest BCUT2D eigenvalue weighted by atomic mass is 10.2. The van der Waals surface area contributed by atoms with E-state index in [0.717, 1.165) is 13.1 Å². The third kappa shape index (κ3) is 3.52. The Morgan fingerprint density at radius 1 is 1.53 bits per heavy atom. The second kappa shape index (κ2) is 6.30. The summed E-state index contributed by atoms with van der Waals surface area (Å²) in [5.41, 5.74) is 0.814. The number of likely N-dealkylation sites (tertiary alicyclic amines) is 1. The van der Waals surface area contributed by atoms with E-state index in [4.69, 9.17) is 5.26 Å². The summed E-state index contributed by atoms with van der Waals surface area (Å²) in [5.74, 6) is -0.185. The highest BCUT2D eigenvalue weighted by molar-refractivity contribution is 5.92. The highest BCUT2D eigenvalue weighted by atomic mass is 16.1. The summed E-state index contributed by atoms with van der Waals surface area (Å²) >= 11 is 0. The number of hydrogen-bond donors (Lipinski definition) is 1. The van der Waals surface area contributed by atoms with Crippen molar-refractivity contribution in [3.05, 3.63) is 29.6 Å². The maximum atomic E-state index is 11.9. The molecule has 0 saturated carbocycles. The Hall–Kier alpha value is -1.93. The maximum absolute atomic E-state index is 11.9. The molecule has 1 atom stereocenters. The summed E-state index contributed by atoms with van der Waals surface area (Å²) in [5, 5.41) is 11.6. The average molecular weight is 258 g/mol. The molecule has 1 aliphatic heterocycles. The van der Waals surface area contributed by atoms with Gasteiger partial charge in [0.1, 0.15) is 11.8 Å². The molecule has 0 aliphatic carbocycles. The van der Waals surface area contributed by atoms with Gasteiger partial charge < -0.3 is 5.32 Å². The van der Waals surface area contributed by atoms with E-state index in [2.05, 4.69) is 22.1 Å². The number of carbonyl (C=O) groups is 1. The zero-order valence-electron chi connectivity index (χ0n) is 11.1. The Kier molecular flexibility index (Phi) is 4.48. The van der Waals surface area contributed by atoms with Crippen LogP contribution in [-0.2, 0) is 0 Å². The van der Waals surface area contributed by atoms with Crippen molar-refractivity contribution < 1.29 is 4.79 Å². The minimum Gasteiger partial charge on any atom is -0.349 e. The molecule has 0 radical (unpaired) electrons. The van der Waals surface area contributed by atoms with Crippen molar-refractivity contribution in [2.75, 3.05) is 19.6 Å². The lowest BCUT2D eigenvalue weighted by molar-refractivity contribution is 0.0935.